The third kappa shape index (κ3) is 3.74. The molecule has 1 aromatic heterocycles. The van der Waals surface area contributed by atoms with Crippen LogP contribution in [-0.4, -0.2) is 23.5 Å². The zero-order chi connectivity index (χ0) is 19.4. The lowest BCUT2D eigenvalue weighted by molar-refractivity contribution is -0.153. The molecule has 27 heavy (non-hydrogen) atoms. The number of aromatic hydroxyl groups is 1. The molecule has 0 aliphatic rings. The number of hydrogen-bond donors (Lipinski definition) is 1. The van der Waals surface area contributed by atoms with Gasteiger partial charge in [-0.2, -0.15) is 0 Å². The Kier molecular flexibility index (Phi) is 5.35. The van der Waals surface area contributed by atoms with Crippen molar-refractivity contribution in [2.45, 2.75) is 19.3 Å². The first kappa shape index (κ1) is 18.4. The topological polar surface area (TPSA) is 93.8 Å². The van der Waals surface area contributed by atoms with Gasteiger partial charge in [0.25, 0.3) is 0 Å². The number of carbonyl (C=O) groups is 2. The summed E-state index contributed by atoms with van der Waals surface area (Å²) in [5.74, 6) is -2.85. The highest BCUT2D eigenvalue weighted by atomic mass is 16.5. The van der Waals surface area contributed by atoms with Crippen LogP contribution in [-0.2, 0) is 14.3 Å². The van der Waals surface area contributed by atoms with Gasteiger partial charge in [-0.3, -0.25) is 4.79 Å². The zero-order valence-electron chi connectivity index (χ0n) is 14.7. The second-order valence-corrected chi connectivity index (χ2v) is 5.96. The van der Waals surface area contributed by atoms with Crippen LogP contribution in [0.25, 0.3) is 11.0 Å². The maximum absolute atomic E-state index is 12.6. The molecule has 0 saturated carbocycles. The molecule has 6 heteroatoms. The van der Waals surface area contributed by atoms with E-state index in [-0.39, 0.29) is 29.9 Å². The molecule has 2 aromatic carbocycles. The van der Waals surface area contributed by atoms with E-state index in [4.69, 9.17) is 9.15 Å². The fourth-order valence-electron chi connectivity index (χ4n) is 3.01. The molecule has 0 amide bonds. The number of ketones is 1. The van der Waals surface area contributed by atoms with Crippen LogP contribution in [0.5, 0.6) is 5.75 Å². The van der Waals surface area contributed by atoms with E-state index in [2.05, 4.69) is 0 Å². The Balaban J connectivity index is 2.14. The number of para-hydroxylation sites is 1. The molecule has 0 aliphatic heterocycles. The van der Waals surface area contributed by atoms with Crippen molar-refractivity contribution in [3.63, 3.8) is 0 Å². The number of hydrogen-bond acceptors (Lipinski definition) is 6. The third-order valence-corrected chi connectivity index (χ3v) is 4.26. The number of benzene rings is 2. The summed E-state index contributed by atoms with van der Waals surface area (Å²) in [5, 5.41) is 11.1. The fraction of sp³-hybridized carbons (Fsp3) is 0.190. The van der Waals surface area contributed by atoms with E-state index < -0.39 is 23.3 Å². The SMILES string of the molecule is CCOC(=O)C(=O)C[C@H](c1ccccc1)c1c(O)c2ccccc2oc1=O. The summed E-state index contributed by atoms with van der Waals surface area (Å²) in [5.41, 5.74) is 0.0366. The molecule has 138 valence electrons. The molecule has 0 fully saturated rings. The smallest absolute Gasteiger partial charge is 0.374 e. The van der Waals surface area contributed by atoms with Crippen LogP contribution in [0.4, 0.5) is 0 Å². The molecule has 0 radical (unpaired) electrons. The van der Waals surface area contributed by atoms with Gasteiger partial charge >= 0.3 is 11.6 Å². The van der Waals surface area contributed by atoms with E-state index in [0.29, 0.717) is 10.9 Å². The van der Waals surface area contributed by atoms with E-state index in [1.165, 1.54) is 0 Å². The minimum Gasteiger partial charge on any atom is -0.507 e. The predicted octanol–water partition coefficient (Wildman–Crippen LogP) is 3.15. The van der Waals surface area contributed by atoms with Gasteiger partial charge in [-0.15, -0.1) is 0 Å². The molecule has 1 N–H and O–H groups in total. The van der Waals surface area contributed by atoms with E-state index in [1.54, 1.807) is 61.5 Å². The standard InChI is InChI=1S/C21H18O6/c1-2-26-20(24)16(22)12-15(13-8-4-3-5-9-13)18-19(23)14-10-6-7-11-17(14)27-21(18)25/h3-11,15,23H,2,12H2,1H3/t15-/m1/s1. The molecule has 0 saturated heterocycles. The van der Waals surface area contributed by atoms with Crippen molar-refractivity contribution in [1.29, 1.82) is 0 Å². The highest BCUT2D eigenvalue weighted by molar-refractivity contribution is 6.33. The molecule has 1 heterocycles. The molecule has 6 nitrogen and oxygen atoms in total. The molecule has 0 bridgehead atoms. The van der Waals surface area contributed by atoms with Crippen LogP contribution >= 0.6 is 0 Å². The maximum atomic E-state index is 12.6. The number of esters is 1. The summed E-state index contributed by atoms with van der Waals surface area (Å²) in [6.45, 7) is 1.67. The Morgan fingerprint density at radius 1 is 1.07 bits per heavy atom. The Labute approximate surface area is 155 Å². The predicted molar refractivity (Wildman–Crippen MR) is 98.7 cm³/mol. The molecule has 0 aliphatic carbocycles. The third-order valence-electron chi connectivity index (χ3n) is 4.26. The van der Waals surface area contributed by atoms with Crippen LogP contribution < -0.4 is 5.63 Å². The Bertz CT molecular complexity index is 1040. The van der Waals surface area contributed by atoms with Crippen molar-refractivity contribution in [3.8, 4) is 5.75 Å². The Morgan fingerprint density at radius 2 is 1.74 bits per heavy atom. The number of rotatable bonds is 6. The summed E-state index contributed by atoms with van der Waals surface area (Å²) < 4.78 is 10.1. The summed E-state index contributed by atoms with van der Waals surface area (Å²) in [6.07, 6.45) is -0.320. The first-order valence-electron chi connectivity index (χ1n) is 8.52. The lowest BCUT2D eigenvalue weighted by Gasteiger charge is -2.17. The first-order chi connectivity index (χ1) is 13.0. The van der Waals surface area contributed by atoms with Gasteiger partial charge in [0.15, 0.2) is 0 Å². The van der Waals surface area contributed by atoms with Gasteiger partial charge in [-0.1, -0.05) is 42.5 Å². The normalized spacial score (nSPS) is 11.9. The van der Waals surface area contributed by atoms with Crippen molar-refractivity contribution < 1.29 is 23.8 Å². The van der Waals surface area contributed by atoms with Gasteiger partial charge < -0.3 is 14.3 Å². The van der Waals surface area contributed by atoms with Crippen LogP contribution in [0.3, 0.4) is 0 Å². The van der Waals surface area contributed by atoms with Gasteiger partial charge in [0.2, 0.25) is 5.78 Å². The molecule has 3 aromatic rings. The summed E-state index contributed by atoms with van der Waals surface area (Å²) in [6, 6.07) is 15.3. The van der Waals surface area contributed by atoms with E-state index in [0.717, 1.165) is 0 Å². The lowest BCUT2D eigenvalue weighted by Crippen LogP contribution is -2.23. The maximum Gasteiger partial charge on any atom is 0.374 e. The van der Waals surface area contributed by atoms with Crippen LogP contribution in [0.2, 0.25) is 0 Å². The fourth-order valence-corrected chi connectivity index (χ4v) is 3.01. The molecular formula is C21H18O6. The number of Topliss-reactive ketones (excluding diaryl/α,β-unsaturated/α-hetero) is 1. The highest BCUT2D eigenvalue weighted by Gasteiger charge is 2.29. The van der Waals surface area contributed by atoms with E-state index in [1.807, 2.05) is 0 Å². The van der Waals surface area contributed by atoms with Crippen molar-refractivity contribution in [2.24, 2.45) is 0 Å². The summed E-state index contributed by atoms with van der Waals surface area (Å²) in [7, 11) is 0. The van der Waals surface area contributed by atoms with Gasteiger partial charge in [-0.05, 0) is 24.6 Å². The quantitative estimate of drug-likeness (QED) is 0.409. The molecule has 0 spiro atoms. The Hall–Kier alpha value is -3.41. The highest BCUT2D eigenvalue weighted by Crippen LogP contribution is 2.36. The summed E-state index contributed by atoms with van der Waals surface area (Å²) >= 11 is 0. The Morgan fingerprint density at radius 3 is 2.44 bits per heavy atom. The molecular weight excluding hydrogens is 348 g/mol. The zero-order valence-corrected chi connectivity index (χ0v) is 14.7. The van der Waals surface area contributed by atoms with Crippen molar-refractivity contribution >= 4 is 22.7 Å². The lowest BCUT2D eigenvalue weighted by atomic mass is 9.87. The average Bonchev–Trinajstić information content (AvgIpc) is 2.68. The number of fused-ring (bicyclic) bond motifs is 1. The molecule has 0 unspecified atom stereocenters. The minimum absolute atomic E-state index is 0.0578. The number of ether oxygens (including phenoxy) is 1. The van der Waals surface area contributed by atoms with E-state index in [9.17, 15) is 19.5 Å². The van der Waals surface area contributed by atoms with Crippen molar-refractivity contribution in [3.05, 3.63) is 76.1 Å². The average molecular weight is 366 g/mol. The largest absolute Gasteiger partial charge is 0.507 e. The van der Waals surface area contributed by atoms with Gasteiger partial charge in [-0.25, -0.2) is 9.59 Å². The second-order valence-electron chi connectivity index (χ2n) is 5.96. The minimum atomic E-state index is -0.969. The number of carbonyl (C=O) groups excluding carboxylic acids is 2. The van der Waals surface area contributed by atoms with Gasteiger partial charge in [0, 0.05) is 12.3 Å². The van der Waals surface area contributed by atoms with Crippen LogP contribution in [0, 0.1) is 0 Å². The monoisotopic (exact) mass is 366 g/mol. The van der Waals surface area contributed by atoms with Crippen molar-refractivity contribution in [2.75, 3.05) is 6.61 Å². The van der Waals surface area contributed by atoms with Crippen LogP contribution in [0.15, 0.2) is 63.8 Å². The van der Waals surface area contributed by atoms with E-state index >= 15 is 0 Å². The summed E-state index contributed by atoms with van der Waals surface area (Å²) in [4.78, 5) is 36.7. The van der Waals surface area contributed by atoms with Gasteiger partial charge in [0.1, 0.15) is 11.3 Å². The molecule has 1 atom stereocenters. The molecule has 3 rings (SSSR count). The van der Waals surface area contributed by atoms with Crippen LogP contribution in [0.1, 0.15) is 30.4 Å². The van der Waals surface area contributed by atoms with Gasteiger partial charge in [0.05, 0.1) is 17.6 Å². The first-order valence-corrected chi connectivity index (χ1v) is 8.52. The van der Waals surface area contributed by atoms with Crippen molar-refractivity contribution in [1.82, 2.24) is 0 Å². The second kappa shape index (κ2) is 7.86.